The van der Waals surface area contributed by atoms with Gasteiger partial charge >= 0.3 is 0 Å². The molecule has 0 saturated carbocycles. The molecule has 27 heavy (non-hydrogen) atoms. The molecule has 0 aliphatic carbocycles. The molecule has 0 radical (unpaired) electrons. The Kier molecular flexibility index (Phi) is 5.60. The van der Waals surface area contributed by atoms with Gasteiger partial charge in [-0.3, -0.25) is 9.80 Å². The van der Waals surface area contributed by atoms with Crippen LogP contribution in [0.3, 0.4) is 0 Å². The molecule has 0 aromatic heterocycles. The first-order valence-corrected chi connectivity index (χ1v) is 10.4. The second-order valence-electron chi connectivity index (χ2n) is 8.28. The number of halogens is 1. The van der Waals surface area contributed by atoms with E-state index >= 15 is 0 Å². The second kappa shape index (κ2) is 8.12. The van der Waals surface area contributed by atoms with E-state index in [1.165, 1.54) is 59.3 Å². The van der Waals surface area contributed by atoms with Gasteiger partial charge in [-0.05, 0) is 79.6 Å². The van der Waals surface area contributed by atoms with Crippen LogP contribution in [0.25, 0.3) is 11.1 Å². The van der Waals surface area contributed by atoms with E-state index < -0.39 is 6.17 Å². The highest BCUT2D eigenvalue weighted by atomic mass is 19.1. The van der Waals surface area contributed by atoms with Crippen molar-refractivity contribution < 1.29 is 4.39 Å². The van der Waals surface area contributed by atoms with Crippen molar-refractivity contribution in [3.63, 3.8) is 0 Å². The summed E-state index contributed by atoms with van der Waals surface area (Å²) in [4.78, 5) is 4.81. The quantitative estimate of drug-likeness (QED) is 0.725. The molecule has 2 fully saturated rings. The van der Waals surface area contributed by atoms with Gasteiger partial charge in [0, 0.05) is 26.2 Å². The molecule has 3 heteroatoms. The Hall–Kier alpha value is -1.71. The summed E-state index contributed by atoms with van der Waals surface area (Å²) in [7, 11) is 0. The van der Waals surface area contributed by atoms with E-state index in [1.54, 1.807) is 0 Å². The molecule has 2 aromatic carbocycles. The van der Waals surface area contributed by atoms with Crippen molar-refractivity contribution in [1.82, 2.24) is 9.80 Å². The van der Waals surface area contributed by atoms with Crippen LogP contribution in [0.1, 0.15) is 41.5 Å². The standard InChI is InChI=1S/C24H31FN2/c1-18-20(15-26-12-3-4-13-26)7-5-9-23(18)24-10-6-8-21(19(24)2)16-27-14-11-22(25)17-27/h5-10,22H,3-4,11-17H2,1-2H3. The molecule has 4 rings (SSSR count). The summed E-state index contributed by atoms with van der Waals surface area (Å²) in [5.41, 5.74) is 8.17. The van der Waals surface area contributed by atoms with Crippen molar-refractivity contribution in [2.24, 2.45) is 0 Å². The Labute approximate surface area is 163 Å². The summed E-state index contributed by atoms with van der Waals surface area (Å²) in [5, 5.41) is 0. The third kappa shape index (κ3) is 4.09. The van der Waals surface area contributed by atoms with Gasteiger partial charge in [0.05, 0.1) is 0 Å². The third-order valence-electron chi connectivity index (χ3n) is 6.38. The van der Waals surface area contributed by atoms with Crippen molar-refractivity contribution in [3.8, 4) is 11.1 Å². The summed E-state index contributed by atoms with van der Waals surface area (Å²) >= 11 is 0. The van der Waals surface area contributed by atoms with Gasteiger partial charge in [-0.1, -0.05) is 36.4 Å². The van der Waals surface area contributed by atoms with Gasteiger partial charge in [-0.2, -0.15) is 0 Å². The van der Waals surface area contributed by atoms with E-state index in [0.717, 1.165) is 19.6 Å². The highest BCUT2D eigenvalue weighted by Crippen LogP contribution is 2.32. The minimum atomic E-state index is -0.655. The number of hydrogen-bond acceptors (Lipinski definition) is 2. The van der Waals surface area contributed by atoms with Crippen molar-refractivity contribution in [2.45, 2.75) is 52.4 Å². The molecule has 0 bridgehead atoms. The van der Waals surface area contributed by atoms with Gasteiger partial charge in [0.25, 0.3) is 0 Å². The van der Waals surface area contributed by atoms with Crippen LogP contribution in [0.2, 0.25) is 0 Å². The molecule has 1 atom stereocenters. The summed E-state index contributed by atoms with van der Waals surface area (Å²) in [5.74, 6) is 0. The minimum Gasteiger partial charge on any atom is -0.299 e. The fraction of sp³-hybridized carbons (Fsp3) is 0.500. The predicted molar refractivity (Wildman–Crippen MR) is 111 cm³/mol. The smallest absolute Gasteiger partial charge is 0.114 e. The van der Waals surface area contributed by atoms with Gasteiger partial charge in [0.1, 0.15) is 6.17 Å². The second-order valence-corrected chi connectivity index (χ2v) is 8.28. The lowest BCUT2D eigenvalue weighted by molar-refractivity contribution is 0.282. The Morgan fingerprint density at radius 2 is 1.37 bits per heavy atom. The van der Waals surface area contributed by atoms with Crippen LogP contribution in [0.15, 0.2) is 36.4 Å². The van der Waals surface area contributed by atoms with Crippen LogP contribution in [0.5, 0.6) is 0 Å². The molecular weight excluding hydrogens is 335 g/mol. The number of alkyl halides is 1. The summed E-state index contributed by atoms with van der Waals surface area (Å²) in [6, 6.07) is 13.3. The molecule has 0 N–H and O–H groups in total. The molecule has 2 aliphatic heterocycles. The lowest BCUT2D eigenvalue weighted by atomic mass is 9.91. The van der Waals surface area contributed by atoms with E-state index in [0.29, 0.717) is 13.0 Å². The van der Waals surface area contributed by atoms with E-state index in [4.69, 9.17) is 0 Å². The first-order chi connectivity index (χ1) is 13.1. The Morgan fingerprint density at radius 3 is 1.89 bits per heavy atom. The molecule has 2 heterocycles. The first-order valence-electron chi connectivity index (χ1n) is 10.4. The molecular formula is C24H31FN2. The Morgan fingerprint density at radius 1 is 0.815 bits per heavy atom. The van der Waals surface area contributed by atoms with Crippen molar-refractivity contribution >= 4 is 0 Å². The number of nitrogens with zero attached hydrogens (tertiary/aromatic N) is 2. The van der Waals surface area contributed by atoms with Crippen LogP contribution in [0.4, 0.5) is 4.39 Å². The molecule has 2 saturated heterocycles. The van der Waals surface area contributed by atoms with Crippen LogP contribution < -0.4 is 0 Å². The summed E-state index contributed by atoms with van der Waals surface area (Å²) in [6.45, 7) is 10.3. The van der Waals surface area contributed by atoms with Crippen LogP contribution in [-0.4, -0.2) is 42.2 Å². The fourth-order valence-corrected chi connectivity index (χ4v) is 4.64. The molecule has 2 nitrogen and oxygen atoms in total. The van der Waals surface area contributed by atoms with Gasteiger partial charge in [0.15, 0.2) is 0 Å². The molecule has 0 spiro atoms. The van der Waals surface area contributed by atoms with Gasteiger partial charge in [0.2, 0.25) is 0 Å². The maximum absolute atomic E-state index is 13.5. The fourth-order valence-electron chi connectivity index (χ4n) is 4.64. The number of benzene rings is 2. The Balaban J connectivity index is 1.60. The maximum Gasteiger partial charge on any atom is 0.114 e. The zero-order valence-corrected chi connectivity index (χ0v) is 16.7. The van der Waals surface area contributed by atoms with Gasteiger partial charge < -0.3 is 0 Å². The molecule has 1 unspecified atom stereocenters. The monoisotopic (exact) mass is 366 g/mol. The summed E-state index contributed by atoms with van der Waals surface area (Å²) in [6.07, 6.45) is 2.68. The molecule has 0 amide bonds. The lowest BCUT2D eigenvalue weighted by Gasteiger charge is -2.21. The van der Waals surface area contributed by atoms with Crippen LogP contribution in [-0.2, 0) is 13.1 Å². The van der Waals surface area contributed by atoms with Crippen molar-refractivity contribution in [3.05, 3.63) is 58.7 Å². The maximum atomic E-state index is 13.5. The number of rotatable bonds is 5. The van der Waals surface area contributed by atoms with Crippen molar-refractivity contribution in [1.29, 1.82) is 0 Å². The van der Waals surface area contributed by atoms with E-state index in [9.17, 15) is 4.39 Å². The SMILES string of the molecule is Cc1c(CN2CCCC2)cccc1-c1cccc(CN2CCC(F)C2)c1C. The normalized spacial score (nSPS) is 21.2. The number of hydrogen-bond donors (Lipinski definition) is 0. The first kappa shape index (κ1) is 18.6. The zero-order chi connectivity index (χ0) is 18.8. The zero-order valence-electron chi connectivity index (χ0n) is 16.7. The number of likely N-dealkylation sites (tertiary alicyclic amines) is 2. The van der Waals surface area contributed by atoms with Crippen molar-refractivity contribution in [2.75, 3.05) is 26.2 Å². The average molecular weight is 367 g/mol. The average Bonchev–Trinajstić information content (AvgIpc) is 3.31. The van der Waals surface area contributed by atoms with E-state index in [-0.39, 0.29) is 0 Å². The van der Waals surface area contributed by atoms with Crippen LogP contribution >= 0.6 is 0 Å². The largest absolute Gasteiger partial charge is 0.299 e. The van der Waals surface area contributed by atoms with Gasteiger partial charge in [-0.15, -0.1) is 0 Å². The van der Waals surface area contributed by atoms with Crippen LogP contribution in [0, 0.1) is 13.8 Å². The molecule has 2 aromatic rings. The third-order valence-corrected chi connectivity index (χ3v) is 6.38. The summed E-state index contributed by atoms with van der Waals surface area (Å²) < 4.78 is 13.5. The predicted octanol–water partition coefficient (Wildman–Crippen LogP) is 5.11. The molecule has 2 aliphatic rings. The Bertz CT molecular complexity index is 795. The highest BCUT2D eigenvalue weighted by Gasteiger charge is 2.22. The van der Waals surface area contributed by atoms with E-state index in [1.807, 2.05) is 0 Å². The highest BCUT2D eigenvalue weighted by molar-refractivity contribution is 5.72. The molecule has 144 valence electrons. The van der Waals surface area contributed by atoms with Gasteiger partial charge in [-0.25, -0.2) is 4.39 Å². The topological polar surface area (TPSA) is 6.48 Å². The minimum absolute atomic E-state index is 0.577. The van der Waals surface area contributed by atoms with E-state index in [2.05, 4.69) is 60.0 Å². The lowest BCUT2D eigenvalue weighted by Crippen LogP contribution is -2.21.